The quantitative estimate of drug-likeness (QED) is 0.112. The van der Waals surface area contributed by atoms with Crippen LogP contribution in [-0.2, 0) is 30.4 Å². The van der Waals surface area contributed by atoms with Crippen molar-refractivity contribution in [3.8, 4) is 28.1 Å². The summed E-state index contributed by atoms with van der Waals surface area (Å²) in [7, 11) is 2.63. The molecular formula is C51H62N8O8. The van der Waals surface area contributed by atoms with Crippen LogP contribution in [0.1, 0.15) is 115 Å². The molecule has 4 amide bonds. The largest absolute Gasteiger partial charge is 0.488 e. The summed E-state index contributed by atoms with van der Waals surface area (Å²) in [5, 5.41) is 7.67. The number of nitrogens with one attached hydrogen (secondary N) is 4. The number of hydrogen-bond acceptors (Lipinski definition) is 10. The highest BCUT2D eigenvalue weighted by Gasteiger charge is 2.50. The highest BCUT2D eigenvalue weighted by atomic mass is 16.5. The highest BCUT2D eigenvalue weighted by Crippen LogP contribution is 2.49. The maximum Gasteiger partial charge on any atom is 0.407 e. The van der Waals surface area contributed by atoms with Crippen LogP contribution < -0.4 is 15.4 Å². The van der Waals surface area contributed by atoms with Gasteiger partial charge in [0.25, 0.3) is 0 Å². The van der Waals surface area contributed by atoms with E-state index in [2.05, 4.69) is 70.0 Å². The predicted molar refractivity (Wildman–Crippen MR) is 251 cm³/mol. The van der Waals surface area contributed by atoms with Crippen molar-refractivity contribution in [2.24, 2.45) is 17.8 Å². The number of methoxy groups -OCH3 is 2. The van der Waals surface area contributed by atoms with Crippen molar-refractivity contribution in [3.63, 3.8) is 0 Å². The van der Waals surface area contributed by atoms with Crippen LogP contribution in [0.15, 0.2) is 48.7 Å². The highest BCUT2D eigenvalue weighted by molar-refractivity contribution is 6.07. The molecule has 10 rings (SSSR count). The fraction of sp³-hybridized carbons (Fsp3) is 0.529. The van der Waals surface area contributed by atoms with E-state index in [1.165, 1.54) is 14.2 Å². The number of alkyl carbamates (subject to hydrolysis) is 2. The van der Waals surface area contributed by atoms with E-state index < -0.39 is 24.3 Å². The standard InChI is InChI=1S/C51H62N8O8/c1-25(2)43(56-50(62)64-6)48(60)59-39-10-8-9-31(39)21-41(59)47-53-37-15-13-29-20-36-34-14-12-30(19-33(34)24-66-42(36)22-35(29)45(37)55-47)38-23-52-46(54-38)40-16-11-26(3)58(40)49(61)44(57-51(63)65-7)32-17-27(4)67-28(5)18-32/h12-15,19-20,22-23,25-28,31-32,39-41,43-44H,8-11,16-18,21,24H2,1-7H3,(H,52,54)(H,53,55)(H,56,62)(H,57,63). The Labute approximate surface area is 390 Å². The van der Waals surface area contributed by atoms with E-state index in [1.807, 2.05) is 43.7 Å². The third-order valence-corrected chi connectivity index (χ3v) is 15.2. The Kier molecular flexibility index (Phi) is 11.9. The number of aromatic nitrogens is 4. The Morgan fingerprint density at radius 1 is 0.806 bits per heavy atom. The van der Waals surface area contributed by atoms with Gasteiger partial charge in [-0.15, -0.1) is 0 Å². The first-order valence-electron chi connectivity index (χ1n) is 24.1. The van der Waals surface area contributed by atoms with E-state index in [4.69, 9.17) is 28.9 Å². The number of likely N-dealkylation sites (tertiary alicyclic amines) is 2. The first-order chi connectivity index (χ1) is 32.3. The third-order valence-electron chi connectivity index (χ3n) is 15.2. The van der Waals surface area contributed by atoms with Gasteiger partial charge in [0.15, 0.2) is 0 Å². The molecule has 4 N–H and O–H groups in total. The zero-order valence-electron chi connectivity index (χ0n) is 39.4. The molecule has 0 radical (unpaired) electrons. The molecule has 4 fully saturated rings. The summed E-state index contributed by atoms with van der Waals surface area (Å²) >= 11 is 0. The lowest BCUT2D eigenvalue weighted by Crippen LogP contribution is -2.55. The summed E-state index contributed by atoms with van der Waals surface area (Å²) in [6.07, 6.45) is 7.30. The van der Waals surface area contributed by atoms with Crippen LogP contribution in [0, 0.1) is 17.8 Å². The van der Waals surface area contributed by atoms with Crippen LogP contribution in [0.2, 0.25) is 0 Å². The van der Waals surface area contributed by atoms with E-state index in [-0.39, 0.29) is 60.0 Å². The number of fused-ring (bicyclic) bond motifs is 7. The molecule has 3 aromatic carbocycles. The van der Waals surface area contributed by atoms with E-state index in [0.29, 0.717) is 31.2 Å². The van der Waals surface area contributed by atoms with Crippen molar-refractivity contribution in [2.75, 3.05) is 14.2 Å². The van der Waals surface area contributed by atoms with Gasteiger partial charge >= 0.3 is 12.2 Å². The Morgan fingerprint density at radius 2 is 1.58 bits per heavy atom. The number of rotatable bonds is 9. The maximum absolute atomic E-state index is 14.5. The van der Waals surface area contributed by atoms with Crippen molar-refractivity contribution in [2.45, 2.75) is 141 Å². The van der Waals surface area contributed by atoms with Gasteiger partial charge in [-0.1, -0.05) is 38.5 Å². The fourth-order valence-corrected chi connectivity index (χ4v) is 12.1. The zero-order chi connectivity index (χ0) is 46.8. The van der Waals surface area contributed by atoms with Crippen molar-refractivity contribution in [1.82, 2.24) is 40.4 Å². The minimum absolute atomic E-state index is 0.0300. The van der Waals surface area contributed by atoms with Gasteiger partial charge in [-0.05, 0) is 130 Å². The van der Waals surface area contributed by atoms with E-state index in [0.717, 1.165) is 99.9 Å². The fourth-order valence-electron chi connectivity index (χ4n) is 12.1. The van der Waals surface area contributed by atoms with E-state index in [1.54, 1.807) is 0 Å². The van der Waals surface area contributed by atoms with Crippen LogP contribution >= 0.6 is 0 Å². The first-order valence-corrected chi connectivity index (χ1v) is 24.1. The van der Waals surface area contributed by atoms with Gasteiger partial charge in [-0.25, -0.2) is 19.6 Å². The Bertz CT molecular complexity index is 2720. The molecule has 0 bridgehead atoms. The molecule has 3 saturated heterocycles. The molecule has 4 aliphatic heterocycles. The van der Waals surface area contributed by atoms with Gasteiger partial charge in [0.05, 0.1) is 61.4 Å². The minimum atomic E-state index is -0.746. The zero-order valence-corrected chi connectivity index (χ0v) is 39.4. The van der Waals surface area contributed by atoms with Crippen molar-refractivity contribution in [1.29, 1.82) is 0 Å². The normalized spacial score (nSPS) is 26.4. The molecular weight excluding hydrogens is 853 g/mol. The summed E-state index contributed by atoms with van der Waals surface area (Å²) in [5.74, 6) is 2.17. The molecule has 2 aromatic heterocycles. The van der Waals surface area contributed by atoms with Gasteiger partial charge in [0.2, 0.25) is 11.8 Å². The molecule has 5 aromatic rings. The number of imidazole rings is 2. The molecule has 16 heteroatoms. The Balaban J connectivity index is 0.903. The number of hydrogen-bond donors (Lipinski definition) is 4. The van der Waals surface area contributed by atoms with Crippen LogP contribution in [0.25, 0.3) is 44.2 Å². The molecule has 6 heterocycles. The lowest BCUT2D eigenvalue weighted by molar-refractivity contribution is -0.140. The monoisotopic (exact) mass is 914 g/mol. The number of ether oxygens (including phenoxy) is 4. The molecule has 9 unspecified atom stereocenters. The molecule has 16 nitrogen and oxygen atoms in total. The third kappa shape index (κ3) is 8.14. The van der Waals surface area contributed by atoms with Crippen molar-refractivity contribution < 1.29 is 38.1 Å². The molecule has 354 valence electrons. The number of benzene rings is 3. The minimum Gasteiger partial charge on any atom is -0.488 e. The second-order valence-corrected chi connectivity index (χ2v) is 19.9. The second-order valence-electron chi connectivity index (χ2n) is 19.9. The summed E-state index contributed by atoms with van der Waals surface area (Å²) in [6.45, 7) is 10.3. The van der Waals surface area contributed by atoms with E-state index in [9.17, 15) is 19.2 Å². The molecule has 1 saturated carbocycles. The molecule has 5 aliphatic rings. The van der Waals surface area contributed by atoms with Gasteiger partial charge in [-0.2, -0.15) is 0 Å². The van der Waals surface area contributed by atoms with Gasteiger partial charge in [-0.3, -0.25) is 9.59 Å². The van der Waals surface area contributed by atoms with E-state index >= 15 is 0 Å². The summed E-state index contributed by atoms with van der Waals surface area (Å²) in [5.41, 5.74) is 6.64. The van der Waals surface area contributed by atoms with Crippen molar-refractivity contribution >= 4 is 45.8 Å². The SMILES string of the molecule is COC(=O)NC(C(=O)N1C(c2nc3c(ccc4cc5c(cc43)OCc3cc(-c4cnc(C6CCC(C)N6C(=O)C(NC(=O)OC)C6CC(C)OC(C)C6)[nH]4)ccc3-5)[nH]2)CC2CCCC21)C(C)C. The number of H-pyrrole nitrogens is 2. The average molecular weight is 915 g/mol. The van der Waals surface area contributed by atoms with Gasteiger partial charge in [0, 0.05) is 23.0 Å². The number of carbonyl (C=O) groups excluding carboxylic acids is 4. The van der Waals surface area contributed by atoms with Crippen LogP contribution in [-0.4, -0.2) is 104 Å². The first kappa shape index (κ1) is 44.7. The summed E-state index contributed by atoms with van der Waals surface area (Å²) in [4.78, 5) is 74.9. The molecule has 67 heavy (non-hydrogen) atoms. The number of nitrogens with zero attached hydrogens (tertiary/aromatic N) is 4. The summed E-state index contributed by atoms with van der Waals surface area (Å²) < 4.78 is 22.3. The van der Waals surface area contributed by atoms with Gasteiger partial charge in [0.1, 0.15) is 36.1 Å². The number of carbonyl (C=O) groups is 4. The second kappa shape index (κ2) is 17.8. The summed E-state index contributed by atoms with van der Waals surface area (Å²) in [6, 6.07) is 12.9. The van der Waals surface area contributed by atoms with Crippen LogP contribution in [0.4, 0.5) is 9.59 Å². The topological polar surface area (TPSA) is 193 Å². The predicted octanol–water partition coefficient (Wildman–Crippen LogP) is 8.47. The van der Waals surface area contributed by atoms with Crippen LogP contribution in [0.5, 0.6) is 5.75 Å². The maximum atomic E-state index is 14.5. The lowest BCUT2D eigenvalue weighted by Gasteiger charge is -2.39. The molecule has 9 atom stereocenters. The number of amides is 4. The molecule has 1 aliphatic carbocycles. The Morgan fingerprint density at radius 3 is 2.34 bits per heavy atom. The smallest absolute Gasteiger partial charge is 0.407 e. The number of aromatic amines is 2. The molecule has 0 spiro atoms. The Hall–Kier alpha value is -6.16. The lowest BCUT2D eigenvalue weighted by atomic mass is 9.85. The van der Waals surface area contributed by atoms with Gasteiger partial charge < -0.3 is 49.3 Å². The van der Waals surface area contributed by atoms with Crippen molar-refractivity contribution in [3.05, 3.63) is 65.9 Å². The van der Waals surface area contributed by atoms with Crippen LogP contribution in [0.3, 0.4) is 0 Å². The average Bonchev–Trinajstić information content (AvgIpc) is 4.17.